The summed E-state index contributed by atoms with van der Waals surface area (Å²) >= 11 is 3.96. The van der Waals surface area contributed by atoms with Crippen molar-refractivity contribution in [3.8, 4) is 0 Å². The molecule has 1 rings (SSSR count). The van der Waals surface area contributed by atoms with Crippen LogP contribution in [0.15, 0.2) is 0 Å². The predicted molar refractivity (Wildman–Crippen MR) is 96.5 cm³/mol. The number of nitrogens with two attached hydrogens (primary N) is 2. The number of hydrogen-bond acceptors (Lipinski definition) is 6. The van der Waals surface area contributed by atoms with Gasteiger partial charge in [-0.15, -0.1) is 0 Å². The normalized spacial score (nSPS) is 27.6. The number of rotatable bonds is 11. The average molecular weight is 358 g/mol. The van der Waals surface area contributed by atoms with Gasteiger partial charge in [-0.3, -0.25) is 11.0 Å². The quantitative estimate of drug-likeness (QED) is 0.297. The van der Waals surface area contributed by atoms with E-state index in [0.717, 1.165) is 24.3 Å². The molecule has 3 atom stereocenters. The topological polar surface area (TPSA) is 84.8 Å². The molecule has 20 heavy (non-hydrogen) atoms. The zero-order valence-electron chi connectivity index (χ0n) is 12.7. The van der Waals surface area contributed by atoms with Gasteiger partial charge in [0.25, 0.3) is 0 Å². The van der Waals surface area contributed by atoms with Crippen molar-refractivity contribution in [1.29, 1.82) is 0 Å². The van der Waals surface area contributed by atoms with Crippen LogP contribution in [0.3, 0.4) is 0 Å². The van der Waals surface area contributed by atoms with E-state index in [1.165, 1.54) is 17.9 Å². The van der Waals surface area contributed by atoms with Crippen molar-refractivity contribution in [1.82, 2.24) is 0 Å². The minimum Gasteiger partial charge on any atom is -0.359 e. The summed E-state index contributed by atoms with van der Waals surface area (Å²) in [5, 5.41) is -0.0924. The van der Waals surface area contributed by atoms with Gasteiger partial charge < -0.3 is 9.42 Å². The molecule has 0 aromatic rings. The van der Waals surface area contributed by atoms with E-state index in [-0.39, 0.29) is 10.5 Å². The first-order valence-corrected chi connectivity index (χ1v) is 11.9. The van der Waals surface area contributed by atoms with Crippen LogP contribution in [0, 0.1) is 0 Å². The van der Waals surface area contributed by atoms with E-state index in [1.54, 1.807) is 0 Å². The molecule has 0 bridgehead atoms. The van der Waals surface area contributed by atoms with Crippen LogP contribution in [0.4, 0.5) is 0 Å². The summed E-state index contributed by atoms with van der Waals surface area (Å²) in [6.45, 7) is 6.20. The van der Waals surface area contributed by atoms with Crippen LogP contribution in [-0.2, 0) is 4.52 Å². The highest BCUT2D eigenvalue weighted by Gasteiger charge is 2.50. The molecular formula is C12H28N2O2P2S2. The minimum absolute atomic E-state index is 0.0214. The lowest BCUT2D eigenvalue weighted by Gasteiger charge is -2.26. The Morgan fingerprint density at radius 3 is 2.30 bits per heavy atom. The molecule has 5 N–H and O–H groups in total. The van der Waals surface area contributed by atoms with E-state index < -0.39 is 16.6 Å². The Morgan fingerprint density at radius 2 is 1.80 bits per heavy atom. The smallest absolute Gasteiger partial charge is 0.133 e. The maximum absolute atomic E-state index is 9.48. The molecule has 0 saturated carbocycles. The fourth-order valence-corrected chi connectivity index (χ4v) is 5.58. The minimum atomic E-state index is -1.32. The monoisotopic (exact) mass is 358 g/mol. The van der Waals surface area contributed by atoms with Crippen molar-refractivity contribution in [3.63, 3.8) is 0 Å². The fraction of sp³-hybridized carbons (Fsp3) is 1.00. The maximum Gasteiger partial charge on any atom is 0.133 e. The summed E-state index contributed by atoms with van der Waals surface area (Å²) in [7, 11) is -1.93. The highest BCUT2D eigenvalue weighted by atomic mass is 32.2. The van der Waals surface area contributed by atoms with E-state index in [9.17, 15) is 4.89 Å². The van der Waals surface area contributed by atoms with Crippen LogP contribution in [0.1, 0.15) is 40.0 Å². The SMILES string of the molecule is CC(C)(CCSCCCSCCC1(C)OP1N)P(N)O. The van der Waals surface area contributed by atoms with Gasteiger partial charge in [-0.1, -0.05) is 13.8 Å². The molecule has 1 saturated heterocycles. The largest absolute Gasteiger partial charge is 0.359 e. The lowest BCUT2D eigenvalue weighted by atomic mass is 10.1. The molecule has 8 heteroatoms. The molecule has 0 aromatic carbocycles. The van der Waals surface area contributed by atoms with Crippen molar-refractivity contribution in [2.24, 2.45) is 11.0 Å². The van der Waals surface area contributed by atoms with Gasteiger partial charge in [0.05, 0.1) is 0 Å². The van der Waals surface area contributed by atoms with Gasteiger partial charge in [-0.25, -0.2) is 0 Å². The second kappa shape index (κ2) is 8.88. The maximum atomic E-state index is 9.48. The van der Waals surface area contributed by atoms with Crippen molar-refractivity contribution in [2.45, 2.75) is 50.5 Å². The second-order valence-corrected chi connectivity index (χ2v) is 12.0. The van der Waals surface area contributed by atoms with Gasteiger partial charge in [0.15, 0.2) is 0 Å². The molecule has 120 valence electrons. The molecule has 1 aliphatic rings. The van der Waals surface area contributed by atoms with E-state index in [0.29, 0.717) is 0 Å². The molecular weight excluding hydrogens is 330 g/mol. The van der Waals surface area contributed by atoms with Crippen LogP contribution in [0.2, 0.25) is 0 Å². The van der Waals surface area contributed by atoms with Gasteiger partial charge in [0, 0.05) is 5.16 Å². The third-order valence-corrected chi connectivity index (χ3v) is 8.78. The third kappa shape index (κ3) is 7.11. The Bertz CT molecular complexity index is 299. The van der Waals surface area contributed by atoms with E-state index in [1.807, 2.05) is 37.4 Å². The molecule has 0 radical (unpaired) electrons. The van der Waals surface area contributed by atoms with Gasteiger partial charge in [-0.2, -0.15) is 23.5 Å². The molecule has 1 fully saturated rings. The summed E-state index contributed by atoms with van der Waals surface area (Å²) in [5.41, 5.74) is 11.4. The summed E-state index contributed by atoms with van der Waals surface area (Å²) in [6, 6.07) is 0. The van der Waals surface area contributed by atoms with Gasteiger partial charge in [-0.05, 0) is 49.2 Å². The van der Waals surface area contributed by atoms with Gasteiger partial charge in [0.1, 0.15) is 21.9 Å². The Kier molecular flexibility index (Phi) is 8.64. The lowest BCUT2D eigenvalue weighted by molar-refractivity contribution is 0.336. The van der Waals surface area contributed by atoms with E-state index >= 15 is 0 Å². The number of thioether (sulfide) groups is 2. The van der Waals surface area contributed by atoms with Crippen LogP contribution in [0.5, 0.6) is 0 Å². The van der Waals surface area contributed by atoms with Crippen LogP contribution < -0.4 is 11.0 Å². The first-order chi connectivity index (χ1) is 9.28. The Morgan fingerprint density at radius 1 is 1.25 bits per heavy atom. The molecule has 3 unspecified atom stereocenters. The molecule has 4 nitrogen and oxygen atoms in total. The summed E-state index contributed by atoms with van der Waals surface area (Å²) in [4.78, 5) is 9.48. The fourth-order valence-electron chi connectivity index (χ4n) is 1.51. The first kappa shape index (κ1) is 19.4. The van der Waals surface area contributed by atoms with Crippen molar-refractivity contribution < 1.29 is 9.42 Å². The van der Waals surface area contributed by atoms with Crippen LogP contribution >= 0.6 is 40.1 Å². The Hall–Kier alpha value is 1.40. The Labute approximate surface area is 134 Å². The zero-order valence-corrected chi connectivity index (χ0v) is 16.1. The van der Waals surface area contributed by atoms with Crippen LogP contribution in [0.25, 0.3) is 0 Å². The molecule has 0 aliphatic carbocycles. The van der Waals surface area contributed by atoms with Gasteiger partial charge >= 0.3 is 0 Å². The van der Waals surface area contributed by atoms with Crippen molar-refractivity contribution in [2.75, 3.05) is 23.0 Å². The Balaban J connectivity index is 1.86. The van der Waals surface area contributed by atoms with Crippen molar-refractivity contribution in [3.05, 3.63) is 0 Å². The van der Waals surface area contributed by atoms with Crippen LogP contribution in [-0.4, -0.2) is 38.4 Å². The molecule has 1 heterocycles. The molecule has 0 aromatic heterocycles. The highest BCUT2D eigenvalue weighted by molar-refractivity contribution is 8.00. The molecule has 1 aliphatic heterocycles. The first-order valence-electron chi connectivity index (χ1n) is 6.91. The average Bonchev–Trinajstić information content (AvgIpc) is 2.95. The molecule has 0 amide bonds. The zero-order chi connectivity index (χ0) is 15.2. The second-order valence-electron chi connectivity index (χ2n) is 5.83. The van der Waals surface area contributed by atoms with E-state index in [4.69, 9.17) is 15.5 Å². The van der Waals surface area contributed by atoms with E-state index in [2.05, 4.69) is 6.92 Å². The third-order valence-electron chi connectivity index (χ3n) is 3.49. The predicted octanol–water partition coefficient (Wildman–Crippen LogP) is 3.68. The lowest BCUT2D eigenvalue weighted by Crippen LogP contribution is -2.21. The number of hydrogen-bond donors (Lipinski definition) is 3. The summed E-state index contributed by atoms with van der Waals surface area (Å²) in [5.74, 6) is 4.62. The highest BCUT2D eigenvalue weighted by Crippen LogP contribution is 2.66. The summed E-state index contributed by atoms with van der Waals surface area (Å²) in [6.07, 6.45) is 3.30. The van der Waals surface area contributed by atoms with Gasteiger partial charge in [0.2, 0.25) is 0 Å². The standard InChI is InChI=1S/C12H28N2O2P2S2/c1-11(2,17(13)15)5-9-19-7-4-8-20-10-6-12(3)16-18(12)14/h15H,4-10,13-14H2,1-3H3. The summed E-state index contributed by atoms with van der Waals surface area (Å²) < 4.78 is 5.41. The van der Waals surface area contributed by atoms with Crippen molar-refractivity contribution >= 4 is 40.1 Å². The molecule has 0 spiro atoms.